The van der Waals surface area contributed by atoms with Crippen LogP contribution in [0.2, 0.25) is 0 Å². The molecule has 0 N–H and O–H groups in total. The second-order valence-electron chi connectivity index (χ2n) is 6.13. The predicted octanol–water partition coefficient (Wildman–Crippen LogP) is 5.40. The molecule has 0 fully saturated rings. The van der Waals surface area contributed by atoms with E-state index in [1.807, 2.05) is 39.0 Å². The van der Waals surface area contributed by atoms with Crippen LogP contribution in [0, 0.1) is 0 Å². The number of ether oxygens (including phenoxy) is 2. The van der Waals surface area contributed by atoms with Crippen molar-refractivity contribution in [1.82, 2.24) is 9.38 Å². The maximum absolute atomic E-state index is 5.70. The minimum atomic E-state index is 0.178. The molecule has 4 nitrogen and oxygen atoms in total. The second-order valence-corrected chi connectivity index (χ2v) is 7.14. The summed E-state index contributed by atoms with van der Waals surface area (Å²) in [6, 6.07) is 14.3. The largest absolute Gasteiger partial charge is 0.494 e. The summed E-state index contributed by atoms with van der Waals surface area (Å²) in [6.07, 6.45) is 2.27. The molecule has 4 rings (SSSR count). The summed E-state index contributed by atoms with van der Waals surface area (Å²) in [6.45, 7) is 6.73. The summed E-state index contributed by atoms with van der Waals surface area (Å²) in [5.41, 5.74) is 3.21. The van der Waals surface area contributed by atoms with Crippen molar-refractivity contribution in [1.29, 1.82) is 0 Å². The van der Waals surface area contributed by atoms with Gasteiger partial charge < -0.3 is 9.47 Å². The molecule has 0 bridgehead atoms. The van der Waals surface area contributed by atoms with Crippen molar-refractivity contribution in [3.63, 3.8) is 0 Å². The lowest BCUT2D eigenvalue weighted by Crippen LogP contribution is -2.05. The molecule has 0 radical (unpaired) electrons. The van der Waals surface area contributed by atoms with Crippen LogP contribution in [0.5, 0.6) is 11.5 Å². The van der Waals surface area contributed by atoms with Gasteiger partial charge in [0.05, 0.1) is 28.6 Å². The molecule has 0 spiro atoms. The van der Waals surface area contributed by atoms with Gasteiger partial charge >= 0.3 is 0 Å². The van der Waals surface area contributed by atoms with Crippen LogP contribution in [0.3, 0.4) is 0 Å². The first-order valence-electron chi connectivity index (χ1n) is 8.45. The molecule has 0 amide bonds. The third-order valence-electron chi connectivity index (χ3n) is 3.90. The Bertz CT molecular complexity index is 1020. The van der Waals surface area contributed by atoms with Gasteiger partial charge in [0.15, 0.2) is 4.96 Å². The molecule has 2 aromatic carbocycles. The smallest absolute Gasteiger partial charge is 0.195 e. The van der Waals surface area contributed by atoms with Crippen molar-refractivity contribution in [2.45, 2.75) is 26.9 Å². The Hall–Kier alpha value is -2.53. The number of hydrogen-bond acceptors (Lipinski definition) is 4. The number of nitrogens with zero attached hydrogens (tertiary/aromatic N) is 2. The maximum atomic E-state index is 5.70. The quantitative estimate of drug-likeness (QED) is 0.482. The normalized spacial score (nSPS) is 11.5. The van der Waals surface area contributed by atoms with E-state index >= 15 is 0 Å². The van der Waals surface area contributed by atoms with Crippen molar-refractivity contribution in [2.75, 3.05) is 6.61 Å². The predicted molar refractivity (Wildman–Crippen MR) is 103 cm³/mol. The van der Waals surface area contributed by atoms with E-state index in [2.05, 4.69) is 34.9 Å². The van der Waals surface area contributed by atoms with Crippen LogP contribution in [0.4, 0.5) is 0 Å². The average Bonchev–Trinajstić information content (AvgIpc) is 3.12. The molecule has 5 heteroatoms. The molecule has 0 unspecified atom stereocenters. The Morgan fingerprint density at radius 1 is 1.08 bits per heavy atom. The van der Waals surface area contributed by atoms with Crippen LogP contribution in [0.25, 0.3) is 26.4 Å². The number of aromatic nitrogens is 2. The monoisotopic (exact) mass is 352 g/mol. The van der Waals surface area contributed by atoms with Gasteiger partial charge in [-0.25, -0.2) is 4.98 Å². The Morgan fingerprint density at radius 3 is 2.56 bits per heavy atom. The summed E-state index contributed by atoms with van der Waals surface area (Å²) in [5, 5.41) is 0. The third kappa shape index (κ3) is 3.07. The lowest BCUT2D eigenvalue weighted by Gasteiger charge is -2.09. The van der Waals surface area contributed by atoms with Crippen LogP contribution in [-0.4, -0.2) is 22.1 Å². The maximum Gasteiger partial charge on any atom is 0.195 e. The lowest BCUT2D eigenvalue weighted by molar-refractivity contribution is 0.242. The van der Waals surface area contributed by atoms with Crippen molar-refractivity contribution < 1.29 is 9.47 Å². The molecule has 0 aliphatic carbocycles. The molecule has 0 aliphatic heterocycles. The van der Waals surface area contributed by atoms with E-state index in [4.69, 9.17) is 14.5 Å². The van der Waals surface area contributed by atoms with E-state index in [0.717, 1.165) is 33.2 Å². The van der Waals surface area contributed by atoms with Gasteiger partial charge in [-0.15, -0.1) is 0 Å². The van der Waals surface area contributed by atoms with Crippen molar-refractivity contribution >= 4 is 26.5 Å². The summed E-state index contributed by atoms with van der Waals surface area (Å²) in [5.74, 6) is 1.79. The van der Waals surface area contributed by atoms with Gasteiger partial charge in [-0.3, -0.25) is 4.40 Å². The van der Waals surface area contributed by atoms with Gasteiger partial charge in [0.1, 0.15) is 11.5 Å². The van der Waals surface area contributed by atoms with Gasteiger partial charge in [-0.05, 0) is 63.2 Å². The SMILES string of the molecule is CCOc1ccc2c(c1)sc1nc(-c3ccc(OC(C)C)cc3)cn12. The van der Waals surface area contributed by atoms with Crippen LogP contribution < -0.4 is 9.47 Å². The third-order valence-corrected chi connectivity index (χ3v) is 4.92. The lowest BCUT2D eigenvalue weighted by atomic mass is 10.1. The van der Waals surface area contributed by atoms with Crippen molar-refractivity contribution in [2.24, 2.45) is 0 Å². The van der Waals surface area contributed by atoms with Gasteiger partial charge in [0.25, 0.3) is 0 Å². The van der Waals surface area contributed by atoms with Crippen molar-refractivity contribution in [3.8, 4) is 22.8 Å². The number of benzene rings is 2. The first-order chi connectivity index (χ1) is 12.1. The molecule has 0 saturated carbocycles. The fourth-order valence-electron chi connectivity index (χ4n) is 2.85. The first kappa shape index (κ1) is 16.0. The molecule has 0 atom stereocenters. The van der Waals surface area contributed by atoms with E-state index in [0.29, 0.717) is 6.61 Å². The number of hydrogen-bond donors (Lipinski definition) is 0. The highest BCUT2D eigenvalue weighted by molar-refractivity contribution is 7.23. The van der Waals surface area contributed by atoms with E-state index < -0.39 is 0 Å². The van der Waals surface area contributed by atoms with E-state index in [1.54, 1.807) is 11.3 Å². The van der Waals surface area contributed by atoms with Gasteiger partial charge in [0, 0.05) is 11.8 Å². The van der Waals surface area contributed by atoms with E-state index in [1.165, 1.54) is 4.70 Å². The zero-order chi connectivity index (χ0) is 17.4. The van der Waals surface area contributed by atoms with Crippen LogP contribution in [0.15, 0.2) is 48.7 Å². The molecule has 4 aromatic rings. The molecule has 0 saturated heterocycles. The molecular weight excluding hydrogens is 332 g/mol. The highest BCUT2D eigenvalue weighted by Gasteiger charge is 2.11. The fourth-order valence-corrected chi connectivity index (χ4v) is 3.89. The number of imidazole rings is 1. The van der Waals surface area contributed by atoms with E-state index in [9.17, 15) is 0 Å². The molecule has 2 heterocycles. The molecule has 2 aromatic heterocycles. The Labute approximate surface area is 150 Å². The van der Waals surface area contributed by atoms with Crippen molar-refractivity contribution in [3.05, 3.63) is 48.7 Å². The average molecular weight is 352 g/mol. The van der Waals surface area contributed by atoms with E-state index in [-0.39, 0.29) is 6.10 Å². The number of fused-ring (bicyclic) bond motifs is 3. The minimum Gasteiger partial charge on any atom is -0.494 e. The fraction of sp³-hybridized carbons (Fsp3) is 0.250. The standard InChI is InChI=1S/C20H20N2O2S/c1-4-23-16-9-10-18-19(11-16)25-20-21-17(12-22(18)20)14-5-7-15(8-6-14)24-13(2)3/h5-13H,4H2,1-3H3. The molecule has 0 aliphatic rings. The Kier molecular flexibility index (Phi) is 4.09. The molecule has 128 valence electrons. The topological polar surface area (TPSA) is 35.8 Å². The summed E-state index contributed by atoms with van der Waals surface area (Å²) < 4.78 is 14.6. The van der Waals surface area contributed by atoms with Crippen LogP contribution >= 0.6 is 11.3 Å². The highest BCUT2D eigenvalue weighted by Crippen LogP contribution is 2.32. The minimum absolute atomic E-state index is 0.178. The molecule has 25 heavy (non-hydrogen) atoms. The van der Waals surface area contributed by atoms with Gasteiger partial charge in [-0.1, -0.05) is 11.3 Å². The Morgan fingerprint density at radius 2 is 1.84 bits per heavy atom. The second kappa shape index (κ2) is 6.41. The van der Waals surface area contributed by atoms with Crippen LogP contribution in [0.1, 0.15) is 20.8 Å². The zero-order valence-corrected chi connectivity index (χ0v) is 15.3. The van der Waals surface area contributed by atoms with Gasteiger partial charge in [0.2, 0.25) is 0 Å². The zero-order valence-electron chi connectivity index (χ0n) is 14.5. The van der Waals surface area contributed by atoms with Gasteiger partial charge in [-0.2, -0.15) is 0 Å². The Balaban J connectivity index is 1.69. The summed E-state index contributed by atoms with van der Waals surface area (Å²) in [4.78, 5) is 5.77. The number of thiazole rings is 1. The summed E-state index contributed by atoms with van der Waals surface area (Å²) in [7, 11) is 0. The molecular formula is C20H20N2O2S. The highest BCUT2D eigenvalue weighted by atomic mass is 32.1. The first-order valence-corrected chi connectivity index (χ1v) is 9.27. The number of rotatable bonds is 5. The summed E-state index contributed by atoms with van der Waals surface area (Å²) >= 11 is 1.68. The van der Waals surface area contributed by atoms with Crippen LogP contribution in [-0.2, 0) is 0 Å².